The highest BCUT2D eigenvalue weighted by Gasteiger charge is 2.17. The SMILES string of the molecule is CCCCCCC=COc1c(O)c2cccc(OCCO)c2oc1=O. The quantitative estimate of drug-likeness (QED) is 0.386. The maximum atomic E-state index is 12.1. The monoisotopic (exact) mass is 348 g/mol. The van der Waals surface area contributed by atoms with Crippen molar-refractivity contribution in [2.24, 2.45) is 0 Å². The van der Waals surface area contributed by atoms with E-state index >= 15 is 0 Å². The molecule has 6 heteroatoms. The summed E-state index contributed by atoms with van der Waals surface area (Å²) in [6, 6.07) is 4.85. The molecule has 2 aromatic rings. The molecule has 25 heavy (non-hydrogen) atoms. The van der Waals surface area contributed by atoms with Crippen LogP contribution < -0.4 is 15.1 Å². The van der Waals surface area contributed by atoms with Crippen LogP contribution in [0.4, 0.5) is 0 Å². The van der Waals surface area contributed by atoms with Crippen LogP contribution in [0.2, 0.25) is 0 Å². The fraction of sp³-hybridized carbons (Fsp3) is 0.421. The molecule has 0 unspecified atom stereocenters. The zero-order valence-electron chi connectivity index (χ0n) is 14.4. The molecule has 0 radical (unpaired) electrons. The Hall–Kier alpha value is -2.47. The van der Waals surface area contributed by atoms with Gasteiger partial charge in [-0.3, -0.25) is 0 Å². The Balaban J connectivity index is 2.16. The van der Waals surface area contributed by atoms with Gasteiger partial charge in [-0.1, -0.05) is 32.3 Å². The molecule has 136 valence electrons. The van der Waals surface area contributed by atoms with Gasteiger partial charge in [0.05, 0.1) is 18.3 Å². The van der Waals surface area contributed by atoms with Gasteiger partial charge in [0, 0.05) is 0 Å². The molecule has 0 atom stereocenters. The van der Waals surface area contributed by atoms with Crippen molar-refractivity contribution in [1.82, 2.24) is 0 Å². The summed E-state index contributed by atoms with van der Waals surface area (Å²) < 4.78 is 15.8. The van der Waals surface area contributed by atoms with Gasteiger partial charge < -0.3 is 24.1 Å². The highest BCUT2D eigenvalue weighted by atomic mass is 16.5. The normalized spacial score (nSPS) is 11.3. The molecule has 2 rings (SSSR count). The third kappa shape index (κ3) is 5.00. The molecule has 0 bridgehead atoms. The van der Waals surface area contributed by atoms with Crippen molar-refractivity contribution in [3.8, 4) is 17.2 Å². The Morgan fingerprint density at radius 3 is 2.84 bits per heavy atom. The van der Waals surface area contributed by atoms with E-state index in [1.54, 1.807) is 18.2 Å². The number of aromatic hydroxyl groups is 1. The molecule has 6 nitrogen and oxygen atoms in total. The number of benzene rings is 1. The predicted molar refractivity (Wildman–Crippen MR) is 95.3 cm³/mol. The third-order valence-corrected chi connectivity index (χ3v) is 3.68. The number of para-hydroxylation sites is 1. The van der Waals surface area contributed by atoms with Crippen molar-refractivity contribution in [3.05, 3.63) is 41.0 Å². The van der Waals surface area contributed by atoms with E-state index < -0.39 is 5.63 Å². The minimum absolute atomic E-state index is 0.0581. The van der Waals surface area contributed by atoms with Gasteiger partial charge in [-0.05, 0) is 31.1 Å². The molecule has 0 aliphatic carbocycles. The fourth-order valence-electron chi connectivity index (χ4n) is 2.41. The number of allylic oxidation sites excluding steroid dienone is 1. The first-order valence-corrected chi connectivity index (χ1v) is 8.53. The minimum Gasteiger partial charge on any atom is -0.504 e. The van der Waals surface area contributed by atoms with Gasteiger partial charge in [-0.2, -0.15) is 0 Å². The summed E-state index contributed by atoms with van der Waals surface area (Å²) in [6.45, 7) is 2.04. The van der Waals surface area contributed by atoms with Gasteiger partial charge in [0.15, 0.2) is 17.1 Å². The number of fused-ring (bicyclic) bond motifs is 1. The molecule has 1 aromatic carbocycles. The fourth-order valence-corrected chi connectivity index (χ4v) is 2.41. The van der Waals surface area contributed by atoms with Crippen LogP contribution in [0.5, 0.6) is 17.2 Å². The maximum Gasteiger partial charge on any atom is 0.383 e. The van der Waals surface area contributed by atoms with E-state index in [2.05, 4.69) is 6.92 Å². The summed E-state index contributed by atoms with van der Waals surface area (Å²) in [5.74, 6) is -0.273. The lowest BCUT2D eigenvalue weighted by Gasteiger charge is -2.09. The lowest BCUT2D eigenvalue weighted by Crippen LogP contribution is -2.06. The van der Waals surface area contributed by atoms with Crippen molar-refractivity contribution < 1.29 is 24.1 Å². The maximum absolute atomic E-state index is 12.1. The van der Waals surface area contributed by atoms with Gasteiger partial charge in [0.1, 0.15) is 6.61 Å². The van der Waals surface area contributed by atoms with Gasteiger partial charge in [-0.25, -0.2) is 4.79 Å². The number of aliphatic hydroxyl groups is 1. The van der Waals surface area contributed by atoms with Crippen molar-refractivity contribution in [2.45, 2.75) is 39.0 Å². The second-order valence-electron chi connectivity index (χ2n) is 5.61. The number of ether oxygens (including phenoxy) is 2. The van der Waals surface area contributed by atoms with Crippen LogP contribution in [-0.2, 0) is 0 Å². The molecule has 1 aromatic heterocycles. The first-order valence-electron chi connectivity index (χ1n) is 8.53. The Labute approximate surface area is 146 Å². The molecule has 0 fully saturated rings. The van der Waals surface area contributed by atoms with Crippen LogP contribution in [0, 0.1) is 0 Å². The summed E-state index contributed by atoms with van der Waals surface area (Å²) in [5.41, 5.74) is -0.671. The molecule has 0 aliphatic rings. The van der Waals surface area contributed by atoms with Gasteiger partial charge in [0.25, 0.3) is 5.75 Å². The molecule has 1 heterocycles. The van der Waals surface area contributed by atoms with E-state index in [0.717, 1.165) is 19.3 Å². The van der Waals surface area contributed by atoms with Crippen LogP contribution >= 0.6 is 0 Å². The highest BCUT2D eigenvalue weighted by Crippen LogP contribution is 2.35. The molecular weight excluding hydrogens is 324 g/mol. The van der Waals surface area contributed by atoms with Crippen LogP contribution in [0.25, 0.3) is 11.0 Å². The first-order chi connectivity index (χ1) is 12.2. The Kier molecular flexibility index (Phi) is 7.35. The summed E-state index contributed by atoms with van der Waals surface area (Å²) in [4.78, 5) is 12.1. The van der Waals surface area contributed by atoms with E-state index in [9.17, 15) is 9.90 Å². The number of hydrogen-bond acceptors (Lipinski definition) is 6. The first kappa shape index (κ1) is 18.9. The van der Waals surface area contributed by atoms with E-state index in [4.69, 9.17) is 19.0 Å². The van der Waals surface area contributed by atoms with Crippen LogP contribution in [-0.4, -0.2) is 23.4 Å². The molecular formula is C19H24O6. The largest absolute Gasteiger partial charge is 0.504 e. The second-order valence-corrected chi connectivity index (χ2v) is 5.61. The summed E-state index contributed by atoms with van der Waals surface area (Å²) >= 11 is 0. The molecule has 0 spiro atoms. The Morgan fingerprint density at radius 2 is 2.08 bits per heavy atom. The minimum atomic E-state index is -0.791. The topological polar surface area (TPSA) is 89.1 Å². The number of unbranched alkanes of at least 4 members (excludes halogenated alkanes) is 4. The van der Waals surface area contributed by atoms with E-state index in [1.807, 2.05) is 6.08 Å². The van der Waals surface area contributed by atoms with Crippen molar-refractivity contribution >= 4 is 11.0 Å². The number of hydrogen-bond donors (Lipinski definition) is 2. The molecule has 0 saturated carbocycles. The number of aliphatic hydroxyl groups excluding tert-OH is 1. The summed E-state index contributed by atoms with van der Waals surface area (Å²) in [5, 5.41) is 19.5. The van der Waals surface area contributed by atoms with Crippen molar-refractivity contribution in [3.63, 3.8) is 0 Å². The van der Waals surface area contributed by atoms with Gasteiger partial charge in [0.2, 0.25) is 0 Å². The standard InChI is InChI=1S/C19H24O6/c1-2-3-4-5-6-7-12-24-18-16(21)14-9-8-10-15(23-13-11-20)17(14)25-19(18)22/h7-10,12,20-21H,2-6,11,13H2,1H3. The Morgan fingerprint density at radius 1 is 1.24 bits per heavy atom. The average Bonchev–Trinajstić information content (AvgIpc) is 2.61. The Bertz CT molecular complexity index is 762. The molecule has 0 saturated heterocycles. The van der Waals surface area contributed by atoms with E-state index in [-0.39, 0.29) is 36.0 Å². The predicted octanol–water partition coefficient (Wildman–Crippen LogP) is 3.73. The zero-order chi connectivity index (χ0) is 18.1. The lowest BCUT2D eigenvalue weighted by atomic mass is 10.1. The smallest absolute Gasteiger partial charge is 0.383 e. The average molecular weight is 348 g/mol. The summed E-state index contributed by atoms with van der Waals surface area (Å²) in [6.07, 6.45) is 8.65. The van der Waals surface area contributed by atoms with E-state index in [1.165, 1.54) is 19.1 Å². The summed E-state index contributed by atoms with van der Waals surface area (Å²) in [7, 11) is 0. The van der Waals surface area contributed by atoms with Gasteiger partial charge in [-0.15, -0.1) is 0 Å². The molecule has 2 N–H and O–H groups in total. The van der Waals surface area contributed by atoms with Crippen LogP contribution in [0.1, 0.15) is 39.0 Å². The van der Waals surface area contributed by atoms with Crippen molar-refractivity contribution in [2.75, 3.05) is 13.2 Å². The highest BCUT2D eigenvalue weighted by molar-refractivity contribution is 5.89. The van der Waals surface area contributed by atoms with Crippen LogP contribution in [0.15, 0.2) is 39.7 Å². The zero-order valence-corrected chi connectivity index (χ0v) is 14.4. The van der Waals surface area contributed by atoms with Gasteiger partial charge >= 0.3 is 5.63 Å². The van der Waals surface area contributed by atoms with Crippen molar-refractivity contribution in [1.29, 1.82) is 0 Å². The molecule has 0 amide bonds. The van der Waals surface area contributed by atoms with E-state index in [0.29, 0.717) is 5.39 Å². The third-order valence-electron chi connectivity index (χ3n) is 3.68. The second kappa shape index (κ2) is 9.74. The van der Waals surface area contributed by atoms with Crippen LogP contribution in [0.3, 0.4) is 0 Å². The molecule has 0 aliphatic heterocycles. The number of rotatable bonds is 10. The lowest BCUT2D eigenvalue weighted by molar-refractivity contribution is 0.201.